The van der Waals surface area contributed by atoms with E-state index in [0.717, 1.165) is 33.2 Å². The van der Waals surface area contributed by atoms with Crippen LogP contribution in [0.2, 0.25) is 10.0 Å². The molecule has 0 saturated carbocycles. The molecule has 5 aromatic rings. The Hall–Kier alpha value is -3.28. The maximum Gasteiger partial charge on any atom is 0.156 e. The summed E-state index contributed by atoms with van der Waals surface area (Å²) >= 11 is 12.5. The Kier molecular flexibility index (Phi) is 4.69. The lowest BCUT2D eigenvalue weighted by molar-refractivity contribution is 0.628. The molecule has 0 aliphatic carbocycles. The van der Waals surface area contributed by atoms with Crippen LogP contribution in [0.3, 0.4) is 0 Å². The summed E-state index contributed by atoms with van der Waals surface area (Å²) in [5, 5.41) is 8.91. The van der Waals surface area contributed by atoms with Gasteiger partial charge in [0.05, 0.1) is 21.9 Å². The number of benzene rings is 2. The normalized spacial score (nSPS) is 11.2. The van der Waals surface area contributed by atoms with E-state index in [1.807, 2.05) is 24.3 Å². The first kappa shape index (κ1) is 18.7. The lowest BCUT2D eigenvalue weighted by Gasteiger charge is -2.17. The zero-order chi connectivity index (χ0) is 20.7. The molecule has 146 valence electrons. The highest BCUT2D eigenvalue weighted by molar-refractivity contribution is 6.42. The smallest absolute Gasteiger partial charge is 0.156 e. The SMILES string of the molecule is Fc1ccc(-c2nc3[nH]ncc3c(-c3ccc(Cl)c(Cl)c3)c2-c2ccncc2)cc1. The van der Waals surface area contributed by atoms with E-state index in [-0.39, 0.29) is 5.82 Å². The quantitative estimate of drug-likeness (QED) is 0.339. The van der Waals surface area contributed by atoms with Gasteiger partial charge in [0.2, 0.25) is 0 Å². The summed E-state index contributed by atoms with van der Waals surface area (Å²) in [5.41, 5.74) is 5.65. The lowest BCUT2D eigenvalue weighted by atomic mass is 9.90. The van der Waals surface area contributed by atoms with E-state index in [9.17, 15) is 4.39 Å². The van der Waals surface area contributed by atoms with Gasteiger partial charge in [0, 0.05) is 34.5 Å². The second-order valence-corrected chi connectivity index (χ2v) is 7.53. The van der Waals surface area contributed by atoms with Gasteiger partial charge >= 0.3 is 0 Å². The van der Waals surface area contributed by atoms with Crippen LogP contribution in [0, 0.1) is 5.82 Å². The molecule has 30 heavy (non-hydrogen) atoms. The van der Waals surface area contributed by atoms with Gasteiger partial charge in [-0.1, -0.05) is 29.3 Å². The number of rotatable bonds is 3. The Morgan fingerprint density at radius 2 is 1.50 bits per heavy atom. The van der Waals surface area contributed by atoms with Gasteiger partial charge in [0.25, 0.3) is 0 Å². The minimum absolute atomic E-state index is 0.309. The van der Waals surface area contributed by atoms with Gasteiger partial charge in [-0.05, 0) is 59.7 Å². The van der Waals surface area contributed by atoms with Crippen LogP contribution in [-0.2, 0) is 0 Å². The van der Waals surface area contributed by atoms with Crippen molar-refractivity contribution in [2.45, 2.75) is 0 Å². The maximum absolute atomic E-state index is 13.6. The summed E-state index contributed by atoms with van der Waals surface area (Å²) in [4.78, 5) is 8.96. The van der Waals surface area contributed by atoms with E-state index in [1.54, 1.807) is 36.8 Å². The van der Waals surface area contributed by atoms with Crippen molar-refractivity contribution < 1.29 is 4.39 Å². The fraction of sp³-hybridized carbons (Fsp3) is 0. The first-order valence-electron chi connectivity index (χ1n) is 9.10. The van der Waals surface area contributed by atoms with Gasteiger partial charge in [-0.25, -0.2) is 9.37 Å². The van der Waals surface area contributed by atoms with Gasteiger partial charge in [-0.15, -0.1) is 0 Å². The van der Waals surface area contributed by atoms with Crippen LogP contribution in [0.25, 0.3) is 44.5 Å². The van der Waals surface area contributed by atoms with E-state index >= 15 is 0 Å². The third-order valence-corrected chi connectivity index (χ3v) is 5.63. The standard InChI is InChI=1S/C23H13Cl2FN4/c24-18-6-3-15(11-19(18)25)20-17-12-28-30-23(17)29-22(14-1-4-16(26)5-2-14)21(20)13-7-9-27-10-8-13/h1-12H,(H,28,29,30). The van der Waals surface area contributed by atoms with Gasteiger partial charge < -0.3 is 0 Å². The Morgan fingerprint density at radius 3 is 2.23 bits per heavy atom. The summed E-state index contributed by atoms with van der Waals surface area (Å²) in [6, 6.07) is 15.6. The zero-order valence-electron chi connectivity index (χ0n) is 15.4. The largest absolute Gasteiger partial charge is 0.265 e. The molecular formula is C23H13Cl2FN4. The molecule has 0 fully saturated rings. The molecule has 0 spiro atoms. The Morgan fingerprint density at radius 1 is 0.767 bits per heavy atom. The number of hydrogen-bond donors (Lipinski definition) is 1. The van der Waals surface area contributed by atoms with Crippen molar-refractivity contribution in [1.29, 1.82) is 0 Å². The Bertz CT molecular complexity index is 1370. The number of nitrogens with zero attached hydrogens (tertiary/aromatic N) is 3. The van der Waals surface area contributed by atoms with Crippen LogP contribution >= 0.6 is 23.2 Å². The van der Waals surface area contributed by atoms with Crippen molar-refractivity contribution in [3.05, 3.63) is 89.1 Å². The minimum Gasteiger partial charge on any atom is -0.265 e. The van der Waals surface area contributed by atoms with Gasteiger partial charge in [0.1, 0.15) is 5.82 Å². The molecule has 0 unspecified atom stereocenters. The van der Waals surface area contributed by atoms with Crippen molar-refractivity contribution in [2.75, 3.05) is 0 Å². The highest BCUT2D eigenvalue weighted by Crippen LogP contribution is 2.43. The summed E-state index contributed by atoms with van der Waals surface area (Å²) in [5.74, 6) is -0.309. The zero-order valence-corrected chi connectivity index (χ0v) is 16.9. The lowest BCUT2D eigenvalue weighted by Crippen LogP contribution is -1.96. The number of nitrogens with one attached hydrogen (secondary N) is 1. The highest BCUT2D eigenvalue weighted by Gasteiger charge is 2.21. The molecule has 2 aromatic carbocycles. The molecule has 7 heteroatoms. The number of fused-ring (bicyclic) bond motifs is 1. The van der Waals surface area contributed by atoms with E-state index in [1.165, 1.54) is 12.1 Å². The van der Waals surface area contributed by atoms with Crippen LogP contribution in [0.1, 0.15) is 0 Å². The molecule has 0 saturated heterocycles. The molecule has 0 bridgehead atoms. The first-order valence-corrected chi connectivity index (χ1v) is 9.86. The summed E-state index contributed by atoms with van der Waals surface area (Å²) in [7, 11) is 0. The van der Waals surface area contributed by atoms with Gasteiger partial charge in [-0.3, -0.25) is 10.1 Å². The molecule has 0 radical (unpaired) electrons. The summed E-state index contributed by atoms with van der Waals surface area (Å²) in [6.07, 6.45) is 5.18. The third-order valence-electron chi connectivity index (χ3n) is 4.89. The molecule has 1 N–H and O–H groups in total. The van der Waals surface area contributed by atoms with Crippen molar-refractivity contribution in [2.24, 2.45) is 0 Å². The van der Waals surface area contributed by atoms with Gasteiger partial charge in [-0.2, -0.15) is 5.10 Å². The van der Waals surface area contributed by atoms with E-state index < -0.39 is 0 Å². The van der Waals surface area contributed by atoms with Crippen molar-refractivity contribution in [3.8, 4) is 33.5 Å². The topological polar surface area (TPSA) is 54.5 Å². The van der Waals surface area contributed by atoms with E-state index in [2.05, 4.69) is 15.2 Å². The van der Waals surface area contributed by atoms with Crippen molar-refractivity contribution >= 4 is 34.2 Å². The molecule has 0 atom stereocenters. The Labute approximate surface area is 181 Å². The monoisotopic (exact) mass is 434 g/mol. The average Bonchev–Trinajstić information content (AvgIpc) is 3.24. The fourth-order valence-corrected chi connectivity index (χ4v) is 3.83. The molecular weight excluding hydrogens is 422 g/mol. The predicted molar refractivity (Wildman–Crippen MR) is 118 cm³/mol. The van der Waals surface area contributed by atoms with E-state index in [0.29, 0.717) is 21.4 Å². The van der Waals surface area contributed by atoms with Crippen LogP contribution in [-0.4, -0.2) is 20.2 Å². The predicted octanol–water partition coefficient (Wildman–Crippen LogP) is 6.80. The molecule has 0 aliphatic heterocycles. The molecule has 4 nitrogen and oxygen atoms in total. The number of pyridine rings is 2. The van der Waals surface area contributed by atoms with Crippen LogP contribution in [0.4, 0.5) is 4.39 Å². The van der Waals surface area contributed by atoms with Crippen LogP contribution in [0.15, 0.2) is 73.2 Å². The summed E-state index contributed by atoms with van der Waals surface area (Å²) < 4.78 is 13.6. The minimum atomic E-state index is -0.309. The summed E-state index contributed by atoms with van der Waals surface area (Å²) in [6.45, 7) is 0. The number of halogens is 3. The van der Waals surface area contributed by atoms with Crippen molar-refractivity contribution in [1.82, 2.24) is 20.2 Å². The third kappa shape index (κ3) is 3.22. The Balaban J connectivity index is 1.93. The number of H-pyrrole nitrogens is 1. The van der Waals surface area contributed by atoms with Gasteiger partial charge in [0.15, 0.2) is 5.65 Å². The second kappa shape index (κ2) is 7.52. The molecule has 0 aliphatic rings. The molecule has 5 rings (SSSR count). The molecule has 3 aromatic heterocycles. The number of aromatic amines is 1. The molecule has 3 heterocycles. The second-order valence-electron chi connectivity index (χ2n) is 6.71. The maximum atomic E-state index is 13.6. The van der Waals surface area contributed by atoms with Crippen LogP contribution < -0.4 is 0 Å². The van der Waals surface area contributed by atoms with E-state index in [4.69, 9.17) is 28.2 Å². The van der Waals surface area contributed by atoms with Crippen LogP contribution in [0.5, 0.6) is 0 Å². The fourth-order valence-electron chi connectivity index (χ4n) is 3.54. The average molecular weight is 435 g/mol. The number of aromatic nitrogens is 4. The number of hydrogen-bond acceptors (Lipinski definition) is 3. The van der Waals surface area contributed by atoms with Crippen molar-refractivity contribution in [3.63, 3.8) is 0 Å². The highest BCUT2D eigenvalue weighted by atomic mass is 35.5. The first-order chi connectivity index (χ1) is 14.6. The molecule has 0 amide bonds.